The number of hydrogen-bond acceptors (Lipinski definition) is 3. The normalized spacial score (nSPS) is 27.2. The fraction of sp³-hybridized carbons (Fsp3) is 0.533. The third-order valence-electron chi connectivity index (χ3n) is 3.49. The summed E-state index contributed by atoms with van der Waals surface area (Å²) in [5.74, 6) is 0.951. The molecule has 0 aromatic heterocycles. The highest BCUT2D eigenvalue weighted by molar-refractivity contribution is 5.99. The number of carbonyl (C=O) groups excluding carboxylic acids is 1. The Kier molecular flexibility index (Phi) is 3.08. The van der Waals surface area contributed by atoms with E-state index in [1.165, 1.54) is 0 Å². The Morgan fingerprint density at radius 1 is 1.17 bits per heavy atom. The van der Waals surface area contributed by atoms with E-state index in [0.29, 0.717) is 6.10 Å². The van der Waals surface area contributed by atoms with Crippen LogP contribution < -0.4 is 4.74 Å². The van der Waals surface area contributed by atoms with Gasteiger partial charge in [0.15, 0.2) is 5.78 Å². The summed E-state index contributed by atoms with van der Waals surface area (Å²) in [5.41, 5.74) is 0.720. The zero-order valence-electron chi connectivity index (χ0n) is 10.6. The van der Waals surface area contributed by atoms with Crippen LogP contribution in [0.4, 0.5) is 0 Å². The van der Waals surface area contributed by atoms with E-state index in [0.717, 1.165) is 37.0 Å². The van der Waals surface area contributed by atoms with E-state index in [1.54, 1.807) is 0 Å². The summed E-state index contributed by atoms with van der Waals surface area (Å²) < 4.78 is 11.3. The van der Waals surface area contributed by atoms with E-state index in [9.17, 15) is 4.79 Å². The standard InChI is InChI=1S/C15H18O3/c1-10-2-9-14(17-10)15(16)11-3-5-12(6-4-11)18-13-7-8-13/h3-6,10,13-14H,2,7-9H2,1H3. The van der Waals surface area contributed by atoms with Crippen molar-refractivity contribution in [2.24, 2.45) is 0 Å². The zero-order chi connectivity index (χ0) is 12.5. The highest BCUT2D eigenvalue weighted by atomic mass is 16.5. The maximum atomic E-state index is 12.2. The molecule has 2 atom stereocenters. The van der Waals surface area contributed by atoms with Crippen LogP contribution >= 0.6 is 0 Å². The van der Waals surface area contributed by atoms with Crippen molar-refractivity contribution in [3.8, 4) is 5.75 Å². The van der Waals surface area contributed by atoms with Crippen molar-refractivity contribution in [2.75, 3.05) is 0 Å². The molecule has 1 saturated carbocycles. The maximum absolute atomic E-state index is 12.2. The van der Waals surface area contributed by atoms with Gasteiger partial charge in [0, 0.05) is 5.56 Å². The van der Waals surface area contributed by atoms with E-state index in [2.05, 4.69) is 0 Å². The minimum atomic E-state index is -0.254. The Labute approximate surface area is 107 Å². The molecule has 0 radical (unpaired) electrons. The first-order valence-corrected chi connectivity index (χ1v) is 6.69. The van der Waals surface area contributed by atoms with E-state index < -0.39 is 0 Å². The van der Waals surface area contributed by atoms with Gasteiger partial charge in [-0.1, -0.05) is 0 Å². The smallest absolute Gasteiger partial charge is 0.191 e. The number of hydrogen-bond donors (Lipinski definition) is 0. The third-order valence-corrected chi connectivity index (χ3v) is 3.49. The summed E-state index contributed by atoms with van der Waals surface area (Å²) >= 11 is 0. The molecule has 0 amide bonds. The second-order valence-corrected chi connectivity index (χ2v) is 5.22. The van der Waals surface area contributed by atoms with Crippen LogP contribution in [0, 0.1) is 0 Å². The van der Waals surface area contributed by atoms with Gasteiger partial charge in [-0.3, -0.25) is 4.79 Å². The average molecular weight is 246 g/mol. The van der Waals surface area contributed by atoms with E-state index in [4.69, 9.17) is 9.47 Å². The first-order valence-electron chi connectivity index (χ1n) is 6.69. The molecule has 1 aliphatic heterocycles. The number of rotatable bonds is 4. The molecule has 1 heterocycles. The number of ether oxygens (including phenoxy) is 2. The van der Waals surface area contributed by atoms with Crippen LogP contribution in [0.15, 0.2) is 24.3 Å². The highest BCUT2D eigenvalue weighted by Crippen LogP contribution is 2.27. The van der Waals surface area contributed by atoms with Crippen molar-refractivity contribution in [3.63, 3.8) is 0 Å². The van der Waals surface area contributed by atoms with Gasteiger partial charge in [-0.05, 0) is 56.9 Å². The Morgan fingerprint density at radius 2 is 1.89 bits per heavy atom. The molecule has 0 N–H and O–H groups in total. The van der Waals surface area contributed by atoms with Gasteiger partial charge >= 0.3 is 0 Å². The average Bonchev–Trinajstić information content (AvgIpc) is 3.09. The van der Waals surface area contributed by atoms with Crippen molar-refractivity contribution in [1.29, 1.82) is 0 Å². The quantitative estimate of drug-likeness (QED) is 0.766. The van der Waals surface area contributed by atoms with Gasteiger partial charge in [0.1, 0.15) is 11.9 Å². The summed E-state index contributed by atoms with van der Waals surface area (Å²) in [4.78, 5) is 12.2. The highest BCUT2D eigenvalue weighted by Gasteiger charge is 2.29. The molecule has 18 heavy (non-hydrogen) atoms. The van der Waals surface area contributed by atoms with E-state index >= 15 is 0 Å². The topological polar surface area (TPSA) is 35.5 Å². The monoisotopic (exact) mass is 246 g/mol. The Morgan fingerprint density at radius 3 is 2.44 bits per heavy atom. The summed E-state index contributed by atoms with van der Waals surface area (Å²) in [5, 5.41) is 0. The van der Waals surface area contributed by atoms with Crippen LogP contribution in [0.2, 0.25) is 0 Å². The van der Waals surface area contributed by atoms with Crippen LogP contribution in [-0.2, 0) is 4.74 Å². The molecule has 1 saturated heterocycles. The molecule has 3 heteroatoms. The fourth-order valence-electron chi connectivity index (χ4n) is 2.26. The van der Waals surface area contributed by atoms with Crippen molar-refractivity contribution < 1.29 is 14.3 Å². The Balaban J connectivity index is 1.65. The van der Waals surface area contributed by atoms with Gasteiger partial charge in [0.2, 0.25) is 0 Å². The Hall–Kier alpha value is -1.35. The van der Waals surface area contributed by atoms with E-state index in [-0.39, 0.29) is 18.0 Å². The molecule has 96 valence electrons. The van der Waals surface area contributed by atoms with Crippen molar-refractivity contribution in [3.05, 3.63) is 29.8 Å². The number of ketones is 1. The number of benzene rings is 1. The van der Waals surface area contributed by atoms with Crippen LogP contribution in [0.5, 0.6) is 5.75 Å². The molecule has 3 nitrogen and oxygen atoms in total. The van der Waals surface area contributed by atoms with Crippen LogP contribution in [0.1, 0.15) is 43.0 Å². The number of Topliss-reactive ketones (excluding diaryl/α,β-unsaturated/α-hetero) is 1. The Bertz CT molecular complexity index is 434. The lowest BCUT2D eigenvalue weighted by atomic mass is 10.0. The predicted octanol–water partition coefficient (Wildman–Crippen LogP) is 2.98. The van der Waals surface area contributed by atoms with Gasteiger partial charge in [-0.2, -0.15) is 0 Å². The van der Waals surface area contributed by atoms with Crippen molar-refractivity contribution in [1.82, 2.24) is 0 Å². The fourth-order valence-corrected chi connectivity index (χ4v) is 2.26. The molecular formula is C15H18O3. The molecule has 0 bridgehead atoms. The van der Waals surface area contributed by atoms with Gasteiger partial charge in [-0.15, -0.1) is 0 Å². The first kappa shape index (κ1) is 11.7. The summed E-state index contributed by atoms with van der Waals surface area (Å²) in [6, 6.07) is 7.44. The third kappa shape index (κ3) is 2.56. The molecule has 1 aliphatic carbocycles. The maximum Gasteiger partial charge on any atom is 0.191 e. The largest absolute Gasteiger partial charge is 0.490 e. The lowest BCUT2D eigenvalue weighted by molar-refractivity contribution is 0.0433. The molecule has 2 unspecified atom stereocenters. The second kappa shape index (κ2) is 4.73. The van der Waals surface area contributed by atoms with E-state index in [1.807, 2.05) is 31.2 Å². The van der Waals surface area contributed by atoms with Gasteiger partial charge in [-0.25, -0.2) is 0 Å². The second-order valence-electron chi connectivity index (χ2n) is 5.22. The molecule has 0 spiro atoms. The molecule has 2 aliphatic rings. The zero-order valence-corrected chi connectivity index (χ0v) is 10.6. The number of carbonyl (C=O) groups is 1. The summed E-state index contributed by atoms with van der Waals surface area (Å²) in [7, 11) is 0. The van der Waals surface area contributed by atoms with Crippen molar-refractivity contribution in [2.45, 2.75) is 50.9 Å². The molecule has 2 fully saturated rings. The molecular weight excluding hydrogens is 228 g/mol. The van der Waals surface area contributed by atoms with Gasteiger partial charge < -0.3 is 9.47 Å². The summed E-state index contributed by atoms with van der Waals surface area (Å²) in [6.07, 6.45) is 4.44. The lowest BCUT2D eigenvalue weighted by Gasteiger charge is -2.10. The SMILES string of the molecule is CC1CCC(C(=O)c2ccc(OC3CC3)cc2)O1. The molecule has 1 aromatic carbocycles. The van der Waals surface area contributed by atoms with Crippen LogP contribution in [0.3, 0.4) is 0 Å². The van der Waals surface area contributed by atoms with Gasteiger partial charge in [0.05, 0.1) is 12.2 Å². The first-order chi connectivity index (χ1) is 8.72. The molecule has 1 aromatic rings. The molecule has 3 rings (SSSR count). The minimum Gasteiger partial charge on any atom is -0.490 e. The lowest BCUT2D eigenvalue weighted by Crippen LogP contribution is -2.20. The summed E-state index contributed by atoms with van der Waals surface area (Å²) in [6.45, 7) is 2.01. The van der Waals surface area contributed by atoms with Gasteiger partial charge in [0.25, 0.3) is 0 Å². The van der Waals surface area contributed by atoms with Crippen LogP contribution in [0.25, 0.3) is 0 Å². The minimum absolute atomic E-state index is 0.0947. The van der Waals surface area contributed by atoms with Crippen LogP contribution in [-0.4, -0.2) is 24.1 Å². The predicted molar refractivity (Wildman–Crippen MR) is 68.0 cm³/mol. The van der Waals surface area contributed by atoms with Crippen molar-refractivity contribution >= 4 is 5.78 Å².